The first kappa shape index (κ1) is 14.6. The molecular formula is C15H10F2O4S. The normalized spacial score (nSPS) is 14.8. The van der Waals surface area contributed by atoms with E-state index in [2.05, 4.69) is 9.47 Å². The molecule has 22 heavy (non-hydrogen) atoms. The fraction of sp³-hybridized carbons (Fsp3) is 0.200. The number of thiophene rings is 1. The van der Waals surface area contributed by atoms with E-state index >= 15 is 0 Å². The van der Waals surface area contributed by atoms with Crippen molar-refractivity contribution >= 4 is 22.9 Å². The molecule has 0 radical (unpaired) electrons. The molecule has 1 aromatic carbocycles. The number of rotatable bonds is 5. The standard InChI is InChI=1S/C15H10F2O4S/c16-15(17)20-12-6-3-9(8-13(12)21-15)10(18)4-5-11(19)14-2-1-7-22-14/h1-3,6-8H,4-5H2. The molecule has 2 aromatic rings. The minimum atomic E-state index is -3.71. The third-order valence-electron chi connectivity index (χ3n) is 3.10. The predicted octanol–water partition coefficient (Wildman–Crippen LogP) is 3.92. The van der Waals surface area contributed by atoms with Crippen molar-refractivity contribution in [2.75, 3.05) is 0 Å². The summed E-state index contributed by atoms with van der Waals surface area (Å²) in [6, 6.07) is 7.29. The predicted molar refractivity (Wildman–Crippen MR) is 74.9 cm³/mol. The second-order valence-corrected chi connectivity index (χ2v) is 5.60. The Morgan fingerprint density at radius 2 is 1.77 bits per heavy atom. The van der Waals surface area contributed by atoms with Gasteiger partial charge in [0.2, 0.25) is 0 Å². The molecule has 0 fully saturated rings. The number of ether oxygens (including phenoxy) is 2. The fourth-order valence-electron chi connectivity index (χ4n) is 2.05. The zero-order valence-corrected chi connectivity index (χ0v) is 12.0. The average Bonchev–Trinajstić information content (AvgIpc) is 3.08. The highest BCUT2D eigenvalue weighted by Gasteiger charge is 2.43. The van der Waals surface area contributed by atoms with E-state index in [1.807, 2.05) is 0 Å². The van der Waals surface area contributed by atoms with Crippen LogP contribution in [0.5, 0.6) is 11.5 Å². The molecule has 114 valence electrons. The summed E-state index contributed by atoms with van der Waals surface area (Å²) in [5, 5.41) is 1.78. The first-order valence-corrected chi connectivity index (χ1v) is 7.32. The highest BCUT2D eigenvalue weighted by molar-refractivity contribution is 7.12. The number of fused-ring (bicyclic) bond motifs is 1. The van der Waals surface area contributed by atoms with Crippen molar-refractivity contribution in [3.05, 3.63) is 46.2 Å². The lowest BCUT2D eigenvalue weighted by Crippen LogP contribution is -2.25. The highest BCUT2D eigenvalue weighted by Crippen LogP contribution is 2.41. The SMILES string of the molecule is O=C(CCC(=O)c1cccs1)c1ccc2c(c1)OC(F)(F)O2. The number of benzene rings is 1. The Balaban J connectivity index is 1.65. The van der Waals surface area contributed by atoms with Crippen LogP contribution in [0.25, 0.3) is 0 Å². The summed E-state index contributed by atoms with van der Waals surface area (Å²) in [5.74, 6) is -0.723. The van der Waals surface area contributed by atoms with Crippen LogP contribution in [0.1, 0.15) is 32.9 Å². The second kappa shape index (κ2) is 5.49. The fourth-order valence-corrected chi connectivity index (χ4v) is 2.75. The summed E-state index contributed by atoms with van der Waals surface area (Å²) < 4.78 is 34.4. The Bertz CT molecular complexity index is 725. The van der Waals surface area contributed by atoms with Crippen LogP contribution in [-0.2, 0) is 0 Å². The van der Waals surface area contributed by atoms with E-state index in [1.165, 1.54) is 29.5 Å². The lowest BCUT2D eigenvalue weighted by atomic mass is 10.0. The summed E-state index contributed by atoms with van der Waals surface area (Å²) in [5.41, 5.74) is 0.207. The van der Waals surface area contributed by atoms with Gasteiger partial charge in [-0.2, -0.15) is 0 Å². The van der Waals surface area contributed by atoms with Gasteiger partial charge in [-0.25, -0.2) is 0 Å². The zero-order valence-electron chi connectivity index (χ0n) is 11.2. The van der Waals surface area contributed by atoms with Crippen LogP contribution in [0, 0.1) is 0 Å². The summed E-state index contributed by atoms with van der Waals surface area (Å²) in [6.45, 7) is 0. The number of hydrogen-bond acceptors (Lipinski definition) is 5. The number of ketones is 2. The summed E-state index contributed by atoms with van der Waals surface area (Å²) in [7, 11) is 0. The number of hydrogen-bond donors (Lipinski definition) is 0. The van der Waals surface area contributed by atoms with Crippen molar-refractivity contribution in [3.8, 4) is 11.5 Å². The Labute approximate surface area is 128 Å². The van der Waals surface area contributed by atoms with Crippen LogP contribution < -0.4 is 9.47 Å². The van der Waals surface area contributed by atoms with Gasteiger partial charge in [-0.3, -0.25) is 9.59 Å². The summed E-state index contributed by atoms with van der Waals surface area (Å²) >= 11 is 1.31. The van der Waals surface area contributed by atoms with Crippen LogP contribution in [-0.4, -0.2) is 17.9 Å². The smallest absolute Gasteiger partial charge is 0.395 e. The Hall–Kier alpha value is -2.28. The van der Waals surface area contributed by atoms with Gasteiger partial charge in [0.25, 0.3) is 0 Å². The molecule has 0 atom stereocenters. The van der Waals surface area contributed by atoms with Gasteiger partial charge < -0.3 is 9.47 Å². The molecule has 0 saturated heterocycles. The molecule has 2 heterocycles. The van der Waals surface area contributed by atoms with Crippen LogP contribution >= 0.6 is 11.3 Å². The number of halogens is 2. The first-order valence-electron chi connectivity index (χ1n) is 6.44. The van der Waals surface area contributed by atoms with Crippen molar-refractivity contribution in [1.29, 1.82) is 0 Å². The van der Waals surface area contributed by atoms with Crippen molar-refractivity contribution in [3.63, 3.8) is 0 Å². The lowest BCUT2D eigenvalue weighted by Gasteiger charge is -2.04. The van der Waals surface area contributed by atoms with Gasteiger partial charge in [-0.1, -0.05) is 6.07 Å². The number of alkyl halides is 2. The molecule has 0 spiro atoms. The topological polar surface area (TPSA) is 52.6 Å². The zero-order chi connectivity index (χ0) is 15.7. The molecular weight excluding hydrogens is 314 g/mol. The Morgan fingerprint density at radius 1 is 1.05 bits per heavy atom. The van der Waals surface area contributed by atoms with Gasteiger partial charge in [-0.15, -0.1) is 20.1 Å². The van der Waals surface area contributed by atoms with E-state index in [1.54, 1.807) is 17.5 Å². The second-order valence-electron chi connectivity index (χ2n) is 4.65. The molecule has 1 aliphatic rings. The van der Waals surface area contributed by atoms with E-state index in [9.17, 15) is 18.4 Å². The van der Waals surface area contributed by atoms with Gasteiger partial charge >= 0.3 is 6.29 Å². The maximum absolute atomic E-state index is 12.9. The molecule has 0 saturated carbocycles. The Morgan fingerprint density at radius 3 is 2.50 bits per heavy atom. The number of Topliss-reactive ketones (excluding diaryl/α,β-unsaturated/α-hetero) is 2. The minimum Gasteiger partial charge on any atom is -0.395 e. The molecule has 0 N–H and O–H groups in total. The van der Waals surface area contributed by atoms with Crippen molar-refractivity contribution in [1.82, 2.24) is 0 Å². The molecule has 3 rings (SSSR count). The molecule has 7 heteroatoms. The van der Waals surface area contributed by atoms with Gasteiger partial charge in [0.15, 0.2) is 23.1 Å². The van der Waals surface area contributed by atoms with E-state index in [-0.39, 0.29) is 41.5 Å². The van der Waals surface area contributed by atoms with Crippen molar-refractivity contribution in [2.45, 2.75) is 19.1 Å². The largest absolute Gasteiger partial charge is 0.586 e. The molecule has 0 unspecified atom stereocenters. The third kappa shape index (κ3) is 2.99. The van der Waals surface area contributed by atoms with Crippen molar-refractivity contribution < 1.29 is 27.8 Å². The molecule has 0 aliphatic carbocycles. The van der Waals surface area contributed by atoms with Crippen LogP contribution in [0.2, 0.25) is 0 Å². The first-order chi connectivity index (χ1) is 10.4. The molecule has 0 bridgehead atoms. The van der Waals surface area contributed by atoms with Crippen LogP contribution in [0.4, 0.5) is 8.78 Å². The number of carbonyl (C=O) groups excluding carboxylic acids is 2. The van der Waals surface area contributed by atoms with Gasteiger partial charge in [-0.05, 0) is 29.6 Å². The highest BCUT2D eigenvalue weighted by atomic mass is 32.1. The molecule has 4 nitrogen and oxygen atoms in total. The van der Waals surface area contributed by atoms with Crippen molar-refractivity contribution in [2.24, 2.45) is 0 Å². The summed E-state index contributed by atoms with van der Waals surface area (Å²) in [6.07, 6.45) is -3.63. The van der Waals surface area contributed by atoms with E-state index in [4.69, 9.17) is 0 Å². The molecule has 1 aliphatic heterocycles. The monoisotopic (exact) mass is 324 g/mol. The minimum absolute atomic E-state index is 0.00672. The van der Waals surface area contributed by atoms with E-state index < -0.39 is 6.29 Å². The lowest BCUT2D eigenvalue weighted by molar-refractivity contribution is -0.286. The van der Waals surface area contributed by atoms with Gasteiger partial charge in [0, 0.05) is 18.4 Å². The van der Waals surface area contributed by atoms with E-state index in [0.717, 1.165) is 0 Å². The van der Waals surface area contributed by atoms with Gasteiger partial charge in [0.05, 0.1) is 4.88 Å². The maximum atomic E-state index is 12.9. The number of carbonyl (C=O) groups is 2. The quantitative estimate of drug-likeness (QED) is 0.782. The third-order valence-corrected chi connectivity index (χ3v) is 4.01. The molecule has 1 aromatic heterocycles. The Kier molecular flexibility index (Phi) is 3.66. The summed E-state index contributed by atoms with van der Waals surface area (Å²) in [4.78, 5) is 24.5. The molecule has 0 amide bonds. The van der Waals surface area contributed by atoms with Crippen LogP contribution in [0.15, 0.2) is 35.7 Å². The van der Waals surface area contributed by atoms with Crippen LogP contribution in [0.3, 0.4) is 0 Å². The average molecular weight is 324 g/mol. The van der Waals surface area contributed by atoms with Gasteiger partial charge in [0.1, 0.15) is 0 Å². The maximum Gasteiger partial charge on any atom is 0.586 e. The van der Waals surface area contributed by atoms with E-state index in [0.29, 0.717) is 4.88 Å².